The van der Waals surface area contributed by atoms with Crippen molar-refractivity contribution in [3.05, 3.63) is 4.88 Å². The predicted octanol–water partition coefficient (Wildman–Crippen LogP) is 1.71. The lowest BCUT2D eigenvalue weighted by molar-refractivity contribution is 0.0640. The molecular formula is C14H25N5OS. The number of likely N-dealkylation sites (N-methyl/N-ethyl adjacent to an activating group) is 1. The van der Waals surface area contributed by atoms with Crippen LogP contribution >= 0.6 is 11.3 Å². The Bertz CT molecular complexity index is 500. The number of aromatic nitrogens is 1. The van der Waals surface area contributed by atoms with E-state index in [2.05, 4.69) is 29.3 Å². The van der Waals surface area contributed by atoms with Crippen molar-refractivity contribution >= 4 is 28.2 Å². The molecule has 21 heavy (non-hydrogen) atoms. The van der Waals surface area contributed by atoms with E-state index in [1.165, 1.54) is 11.3 Å². The maximum Gasteiger partial charge on any atom is 0.267 e. The number of hydrogen-bond donors (Lipinski definition) is 2. The van der Waals surface area contributed by atoms with E-state index in [4.69, 9.17) is 5.73 Å². The van der Waals surface area contributed by atoms with Crippen molar-refractivity contribution in [2.24, 2.45) is 0 Å². The predicted molar refractivity (Wildman–Crippen MR) is 87.9 cm³/mol. The Labute approximate surface area is 130 Å². The molecule has 6 nitrogen and oxygen atoms in total. The van der Waals surface area contributed by atoms with Gasteiger partial charge in [-0.05, 0) is 40.8 Å². The summed E-state index contributed by atoms with van der Waals surface area (Å²) >= 11 is 1.35. The van der Waals surface area contributed by atoms with E-state index in [1.807, 2.05) is 18.7 Å². The highest BCUT2D eigenvalue weighted by Gasteiger charge is 2.28. The highest BCUT2D eigenvalue weighted by molar-refractivity contribution is 7.18. The number of nitrogens with zero attached hydrogens (tertiary/aromatic N) is 3. The van der Waals surface area contributed by atoms with Gasteiger partial charge in [-0.25, -0.2) is 4.98 Å². The van der Waals surface area contributed by atoms with Crippen LogP contribution in [-0.2, 0) is 0 Å². The van der Waals surface area contributed by atoms with Crippen LogP contribution in [0.2, 0.25) is 0 Å². The van der Waals surface area contributed by atoms with Gasteiger partial charge in [-0.2, -0.15) is 0 Å². The summed E-state index contributed by atoms with van der Waals surface area (Å²) in [7, 11) is 4.12. The monoisotopic (exact) mass is 311 g/mol. The molecule has 1 atom stereocenters. The van der Waals surface area contributed by atoms with E-state index in [-0.39, 0.29) is 11.9 Å². The number of carbonyl (C=O) groups is 1. The Morgan fingerprint density at radius 2 is 2.24 bits per heavy atom. The molecule has 1 aromatic rings. The molecule has 0 aliphatic carbocycles. The van der Waals surface area contributed by atoms with Crippen LogP contribution in [0.1, 0.15) is 36.4 Å². The molecular weight excluding hydrogens is 286 g/mol. The van der Waals surface area contributed by atoms with Gasteiger partial charge in [0.15, 0.2) is 5.13 Å². The van der Waals surface area contributed by atoms with Crippen LogP contribution in [0, 0.1) is 0 Å². The number of nitrogen functional groups attached to an aromatic ring is 1. The first-order valence-corrected chi connectivity index (χ1v) is 8.18. The van der Waals surface area contributed by atoms with Crippen molar-refractivity contribution < 1.29 is 4.79 Å². The number of rotatable bonds is 4. The summed E-state index contributed by atoms with van der Waals surface area (Å²) in [5.74, 6) is 0.341. The van der Waals surface area contributed by atoms with Crippen molar-refractivity contribution in [1.82, 2.24) is 14.8 Å². The number of carbonyl (C=O) groups excluding carboxylic acids is 1. The molecule has 1 unspecified atom stereocenters. The number of amides is 1. The fourth-order valence-corrected chi connectivity index (χ4v) is 3.50. The summed E-state index contributed by atoms with van der Waals surface area (Å²) in [4.78, 5) is 21.5. The molecule has 2 heterocycles. The zero-order valence-corrected chi connectivity index (χ0v) is 14.0. The second-order valence-electron chi connectivity index (χ2n) is 6.04. The lowest BCUT2D eigenvalue weighted by Crippen LogP contribution is -2.47. The van der Waals surface area contributed by atoms with Crippen LogP contribution in [0.5, 0.6) is 0 Å². The molecule has 7 heteroatoms. The average Bonchev–Trinajstić information content (AvgIpc) is 2.78. The Hall–Kier alpha value is -1.34. The second kappa shape index (κ2) is 6.62. The lowest BCUT2D eigenvalue weighted by Gasteiger charge is -2.35. The van der Waals surface area contributed by atoms with Crippen LogP contribution in [0.3, 0.4) is 0 Å². The fourth-order valence-electron chi connectivity index (χ4n) is 2.50. The minimum atomic E-state index is 0.00774. The minimum absolute atomic E-state index is 0.00774. The molecule has 0 aromatic carbocycles. The van der Waals surface area contributed by atoms with E-state index in [0.717, 1.165) is 25.9 Å². The number of nitrogens with two attached hydrogens (primary N) is 1. The van der Waals surface area contributed by atoms with Crippen LogP contribution in [0.25, 0.3) is 0 Å². The van der Waals surface area contributed by atoms with E-state index in [1.54, 1.807) is 0 Å². The third-order valence-electron chi connectivity index (χ3n) is 3.67. The lowest BCUT2D eigenvalue weighted by atomic mass is 10.0. The Morgan fingerprint density at radius 1 is 1.52 bits per heavy atom. The van der Waals surface area contributed by atoms with Crippen LogP contribution in [-0.4, -0.2) is 60.0 Å². The first kappa shape index (κ1) is 16.0. The molecule has 0 spiro atoms. The average molecular weight is 311 g/mol. The molecule has 1 aromatic heterocycles. The molecule has 2 rings (SSSR count). The van der Waals surface area contributed by atoms with Gasteiger partial charge in [0.05, 0.1) is 0 Å². The fraction of sp³-hybridized carbons (Fsp3) is 0.714. The zero-order valence-electron chi connectivity index (χ0n) is 13.2. The molecule has 1 amide bonds. The first-order chi connectivity index (χ1) is 9.88. The van der Waals surface area contributed by atoms with E-state index in [0.29, 0.717) is 21.9 Å². The smallest absolute Gasteiger partial charge is 0.267 e. The van der Waals surface area contributed by atoms with E-state index in [9.17, 15) is 4.79 Å². The largest absolute Gasteiger partial charge is 0.382 e. The van der Waals surface area contributed by atoms with Crippen LogP contribution < -0.4 is 11.1 Å². The quantitative estimate of drug-likeness (QED) is 0.885. The summed E-state index contributed by atoms with van der Waals surface area (Å²) < 4.78 is 0. The van der Waals surface area contributed by atoms with Gasteiger partial charge in [-0.3, -0.25) is 4.79 Å². The van der Waals surface area contributed by atoms with E-state index < -0.39 is 0 Å². The van der Waals surface area contributed by atoms with Crippen LogP contribution in [0.4, 0.5) is 10.9 Å². The summed E-state index contributed by atoms with van der Waals surface area (Å²) in [6, 6.07) is 0.691. The summed E-state index contributed by atoms with van der Waals surface area (Å²) in [5.41, 5.74) is 5.92. The molecule has 0 radical (unpaired) electrons. The normalized spacial score (nSPS) is 19.3. The van der Waals surface area contributed by atoms with E-state index >= 15 is 0 Å². The van der Waals surface area contributed by atoms with Gasteiger partial charge in [0, 0.05) is 25.2 Å². The summed E-state index contributed by atoms with van der Waals surface area (Å²) in [5, 5.41) is 3.91. The SMILES string of the molecule is CC(C)Nc1nc(N)c(C(=O)N2CCCC(N(C)C)C2)s1. The van der Waals surface area contributed by atoms with Crippen molar-refractivity contribution in [3.8, 4) is 0 Å². The minimum Gasteiger partial charge on any atom is -0.382 e. The molecule has 1 saturated heterocycles. The molecule has 0 saturated carbocycles. The Balaban J connectivity index is 2.10. The maximum atomic E-state index is 12.7. The maximum absolute atomic E-state index is 12.7. The Morgan fingerprint density at radius 3 is 2.86 bits per heavy atom. The highest BCUT2D eigenvalue weighted by Crippen LogP contribution is 2.28. The van der Waals surface area contributed by atoms with Gasteiger partial charge in [0.1, 0.15) is 10.7 Å². The van der Waals surface area contributed by atoms with Crippen molar-refractivity contribution in [1.29, 1.82) is 0 Å². The summed E-state index contributed by atoms with van der Waals surface area (Å²) in [6.07, 6.45) is 2.17. The molecule has 1 aliphatic heterocycles. The number of nitrogens with one attached hydrogen (secondary N) is 1. The van der Waals surface area contributed by atoms with Gasteiger partial charge in [-0.15, -0.1) is 0 Å². The molecule has 1 fully saturated rings. The molecule has 0 bridgehead atoms. The number of hydrogen-bond acceptors (Lipinski definition) is 6. The number of likely N-dealkylation sites (tertiary alicyclic amines) is 1. The summed E-state index contributed by atoms with van der Waals surface area (Å²) in [6.45, 7) is 5.63. The van der Waals surface area contributed by atoms with Crippen molar-refractivity contribution in [2.45, 2.75) is 38.8 Å². The number of thiazole rings is 1. The second-order valence-corrected chi connectivity index (χ2v) is 7.04. The van der Waals surface area contributed by atoms with Gasteiger partial charge < -0.3 is 20.9 Å². The zero-order chi connectivity index (χ0) is 15.6. The topological polar surface area (TPSA) is 74.5 Å². The molecule has 118 valence electrons. The van der Waals surface area contributed by atoms with Gasteiger partial charge in [-0.1, -0.05) is 11.3 Å². The molecule has 1 aliphatic rings. The third kappa shape index (κ3) is 3.85. The van der Waals surface area contributed by atoms with Gasteiger partial charge in [0.2, 0.25) is 0 Å². The van der Waals surface area contributed by atoms with Gasteiger partial charge >= 0.3 is 0 Å². The highest BCUT2D eigenvalue weighted by atomic mass is 32.1. The number of piperidine rings is 1. The van der Waals surface area contributed by atoms with Crippen LogP contribution in [0.15, 0.2) is 0 Å². The van der Waals surface area contributed by atoms with Crippen molar-refractivity contribution in [3.63, 3.8) is 0 Å². The number of anilines is 2. The van der Waals surface area contributed by atoms with Crippen molar-refractivity contribution in [2.75, 3.05) is 38.2 Å². The standard InChI is InChI=1S/C14H25N5OS/c1-9(2)16-14-17-12(15)11(21-14)13(20)19-7-5-6-10(8-19)18(3)4/h9-10H,5-8,15H2,1-4H3,(H,16,17). The molecule has 3 N–H and O–H groups in total. The van der Waals surface area contributed by atoms with Gasteiger partial charge in [0.25, 0.3) is 5.91 Å². The third-order valence-corrected chi connectivity index (χ3v) is 4.66. The Kier molecular flexibility index (Phi) is 5.05. The first-order valence-electron chi connectivity index (χ1n) is 7.37.